The quantitative estimate of drug-likeness (QED) is 0.715. The molecule has 0 bridgehead atoms. The third-order valence-electron chi connectivity index (χ3n) is 4.98. The molecule has 122 valence electrons. The van der Waals surface area contributed by atoms with Crippen LogP contribution in [0.1, 0.15) is 25.0 Å². The highest BCUT2D eigenvalue weighted by Crippen LogP contribution is 2.43. The van der Waals surface area contributed by atoms with Crippen molar-refractivity contribution in [3.8, 4) is 0 Å². The highest BCUT2D eigenvalue weighted by Gasteiger charge is 2.39. The molecule has 0 amide bonds. The van der Waals surface area contributed by atoms with Gasteiger partial charge in [-0.25, -0.2) is 9.37 Å². The number of hydrogen-bond donors (Lipinski definition) is 2. The minimum atomic E-state index is -0.356. The van der Waals surface area contributed by atoms with E-state index in [0.29, 0.717) is 16.9 Å². The van der Waals surface area contributed by atoms with Crippen molar-refractivity contribution in [3.63, 3.8) is 0 Å². The molecular weight excluding hydrogens is 303 g/mol. The second kappa shape index (κ2) is 5.74. The molecule has 4 nitrogen and oxygen atoms in total. The normalized spacial score (nSPS) is 15.9. The lowest BCUT2D eigenvalue weighted by Gasteiger charge is -2.41. The maximum absolute atomic E-state index is 14.0. The van der Waals surface area contributed by atoms with Gasteiger partial charge in [0.2, 0.25) is 0 Å². The van der Waals surface area contributed by atoms with Crippen molar-refractivity contribution in [3.05, 3.63) is 60.3 Å². The van der Waals surface area contributed by atoms with Gasteiger partial charge in [0.1, 0.15) is 11.6 Å². The molecule has 2 heterocycles. The van der Waals surface area contributed by atoms with Crippen LogP contribution in [0.15, 0.2) is 48.8 Å². The standard InChI is InChI=1S/C19H19FN4/c20-16-11-23-18(14-6-5-13(21)10-15(14)16)24-12-19(7-3-8-19)17-4-1-2-9-22-17/h1-2,4-6,9-11H,3,7-8,12,21H2,(H,23,24). The van der Waals surface area contributed by atoms with Gasteiger partial charge in [-0.1, -0.05) is 12.5 Å². The summed E-state index contributed by atoms with van der Waals surface area (Å²) in [5, 5.41) is 4.66. The van der Waals surface area contributed by atoms with Crippen molar-refractivity contribution >= 4 is 22.3 Å². The van der Waals surface area contributed by atoms with Gasteiger partial charge in [0, 0.05) is 40.3 Å². The molecule has 1 aromatic carbocycles. The molecule has 24 heavy (non-hydrogen) atoms. The Labute approximate surface area is 139 Å². The first-order valence-corrected chi connectivity index (χ1v) is 8.17. The number of hydrogen-bond acceptors (Lipinski definition) is 4. The number of halogens is 1. The fraction of sp³-hybridized carbons (Fsp3) is 0.263. The lowest BCUT2D eigenvalue weighted by Crippen LogP contribution is -2.41. The minimum Gasteiger partial charge on any atom is -0.399 e. The third kappa shape index (κ3) is 2.46. The van der Waals surface area contributed by atoms with Gasteiger partial charge in [0.25, 0.3) is 0 Å². The van der Waals surface area contributed by atoms with E-state index in [1.165, 1.54) is 12.6 Å². The number of rotatable bonds is 4. The topological polar surface area (TPSA) is 63.8 Å². The Hall–Kier alpha value is -2.69. The SMILES string of the molecule is Nc1ccc2c(NCC3(c4ccccn4)CCC3)ncc(F)c2c1. The van der Waals surface area contributed by atoms with E-state index in [-0.39, 0.29) is 11.2 Å². The number of nitrogens with zero attached hydrogens (tertiary/aromatic N) is 2. The van der Waals surface area contributed by atoms with E-state index in [9.17, 15) is 4.39 Å². The number of nitrogens with two attached hydrogens (primary N) is 1. The lowest BCUT2D eigenvalue weighted by molar-refractivity contribution is 0.253. The summed E-state index contributed by atoms with van der Waals surface area (Å²) in [5.41, 5.74) is 7.47. The van der Waals surface area contributed by atoms with Crippen LogP contribution in [0.25, 0.3) is 10.8 Å². The average Bonchev–Trinajstić information content (AvgIpc) is 2.57. The molecule has 1 aliphatic carbocycles. The molecule has 0 spiro atoms. The highest BCUT2D eigenvalue weighted by atomic mass is 19.1. The molecule has 3 aromatic rings. The van der Waals surface area contributed by atoms with Crippen LogP contribution < -0.4 is 11.1 Å². The van der Waals surface area contributed by atoms with Crippen LogP contribution in [0.5, 0.6) is 0 Å². The van der Waals surface area contributed by atoms with Gasteiger partial charge in [-0.15, -0.1) is 0 Å². The van der Waals surface area contributed by atoms with Crippen LogP contribution in [0, 0.1) is 5.82 Å². The van der Waals surface area contributed by atoms with E-state index in [1.54, 1.807) is 12.1 Å². The Morgan fingerprint density at radius 3 is 2.71 bits per heavy atom. The van der Waals surface area contributed by atoms with Gasteiger partial charge in [-0.3, -0.25) is 4.98 Å². The van der Waals surface area contributed by atoms with Crippen LogP contribution in [-0.2, 0) is 5.41 Å². The fourth-order valence-electron chi connectivity index (χ4n) is 3.42. The first-order valence-electron chi connectivity index (χ1n) is 8.17. The van der Waals surface area contributed by atoms with Gasteiger partial charge in [0.15, 0.2) is 0 Å². The summed E-state index contributed by atoms with van der Waals surface area (Å²) in [4.78, 5) is 8.78. The summed E-state index contributed by atoms with van der Waals surface area (Å²) in [6.07, 6.45) is 6.49. The van der Waals surface area contributed by atoms with Crippen molar-refractivity contribution in [2.45, 2.75) is 24.7 Å². The third-order valence-corrected chi connectivity index (χ3v) is 4.98. The molecule has 3 N–H and O–H groups in total. The van der Waals surface area contributed by atoms with Crippen LogP contribution in [-0.4, -0.2) is 16.5 Å². The Kier molecular flexibility index (Phi) is 3.56. The number of anilines is 2. The minimum absolute atomic E-state index is 0.0391. The van der Waals surface area contributed by atoms with E-state index in [0.717, 1.165) is 30.5 Å². The van der Waals surface area contributed by atoms with Gasteiger partial charge >= 0.3 is 0 Å². The molecule has 2 aromatic heterocycles. The molecule has 0 unspecified atom stereocenters. The van der Waals surface area contributed by atoms with E-state index in [1.807, 2.05) is 24.4 Å². The van der Waals surface area contributed by atoms with E-state index < -0.39 is 0 Å². The summed E-state index contributed by atoms with van der Waals surface area (Å²) in [6, 6.07) is 11.3. The van der Waals surface area contributed by atoms with Crippen molar-refractivity contribution in [2.75, 3.05) is 17.6 Å². The maximum atomic E-state index is 14.0. The van der Waals surface area contributed by atoms with Crippen molar-refractivity contribution in [1.29, 1.82) is 0 Å². The van der Waals surface area contributed by atoms with Gasteiger partial charge < -0.3 is 11.1 Å². The Morgan fingerprint density at radius 2 is 2.00 bits per heavy atom. The van der Waals surface area contributed by atoms with Crippen molar-refractivity contribution in [1.82, 2.24) is 9.97 Å². The highest BCUT2D eigenvalue weighted by molar-refractivity contribution is 5.94. The predicted molar refractivity (Wildman–Crippen MR) is 94.4 cm³/mol. The number of pyridine rings is 2. The fourth-order valence-corrected chi connectivity index (χ4v) is 3.42. The molecule has 0 aliphatic heterocycles. The van der Waals surface area contributed by atoms with E-state index in [4.69, 9.17) is 5.73 Å². The summed E-state index contributed by atoms with van der Waals surface area (Å²) in [6.45, 7) is 0.738. The molecule has 0 atom stereocenters. The Balaban J connectivity index is 1.64. The second-order valence-electron chi connectivity index (χ2n) is 6.46. The van der Waals surface area contributed by atoms with Crippen LogP contribution in [0.3, 0.4) is 0 Å². The zero-order valence-electron chi connectivity index (χ0n) is 13.3. The first-order chi connectivity index (χ1) is 11.7. The molecule has 1 aliphatic rings. The van der Waals surface area contributed by atoms with Crippen molar-refractivity contribution in [2.24, 2.45) is 0 Å². The second-order valence-corrected chi connectivity index (χ2v) is 6.46. The summed E-state index contributed by atoms with van der Waals surface area (Å²) >= 11 is 0. The molecule has 0 radical (unpaired) electrons. The molecule has 4 rings (SSSR count). The van der Waals surface area contributed by atoms with Gasteiger partial charge in [-0.2, -0.15) is 0 Å². The smallest absolute Gasteiger partial charge is 0.149 e. The zero-order chi connectivity index (χ0) is 16.6. The summed E-state index contributed by atoms with van der Waals surface area (Å²) < 4.78 is 14.0. The summed E-state index contributed by atoms with van der Waals surface area (Å²) in [5.74, 6) is 0.333. The van der Waals surface area contributed by atoms with Crippen molar-refractivity contribution < 1.29 is 4.39 Å². The number of benzene rings is 1. The van der Waals surface area contributed by atoms with Crippen LogP contribution in [0.4, 0.5) is 15.9 Å². The maximum Gasteiger partial charge on any atom is 0.149 e. The van der Waals surface area contributed by atoms with E-state index >= 15 is 0 Å². The van der Waals surface area contributed by atoms with Crippen LogP contribution in [0.2, 0.25) is 0 Å². The molecule has 0 saturated heterocycles. The first kappa shape index (κ1) is 14.9. The van der Waals surface area contributed by atoms with Gasteiger partial charge in [0.05, 0.1) is 6.20 Å². The monoisotopic (exact) mass is 322 g/mol. The number of nitrogen functional groups attached to an aromatic ring is 1. The lowest BCUT2D eigenvalue weighted by atomic mass is 9.66. The van der Waals surface area contributed by atoms with Crippen LogP contribution >= 0.6 is 0 Å². The van der Waals surface area contributed by atoms with E-state index in [2.05, 4.69) is 21.4 Å². The Bertz CT molecular complexity index is 875. The average molecular weight is 322 g/mol. The van der Waals surface area contributed by atoms with Gasteiger partial charge in [-0.05, 0) is 43.2 Å². The molecule has 1 fully saturated rings. The largest absolute Gasteiger partial charge is 0.399 e. The summed E-state index contributed by atoms with van der Waals surface area (Å²) in [7, 11) is 0. The predicted octanol–water partition coefficient (Wildman–Crippen LogP) is 3.88. The zero-order valence-corrected chi connectivity index (χ0v) is 13.3. The Morgan fingerprint density at radius 1 is 1.12 bits per heavy atom. The molecule has 1 saturated carbocycles. The molecular formula is C19H19FN4. The number of nitrogens with one attached hydrogen (secondary N) is 1. The number of aromatic nitrogens is 2. The number of fused-ring (bicyclic) bond motifs is 1. The molecule has 5 heteroatoms.